The number of carbonyl (C=O) groups excluding carboxylic acids is 1. The van der Waals surface area contributed by atoms with Crippen LogP contribution in [0.15, 0.2) is 22.7 Å². The van der Waals surface area contributed by atoms with E-state index in [9.17, 15) is 4.79 Å². The molecule has 5 nitrogen and oxygen atoms in total. The zero-order valence-corrected chi connectivity index (χ0v) is 11.7. The average molecular weight is 293 g/mol. The number of carbonyl (C=O) groups is 1. The summed E-state index contributed by atoms with van der Waals surface area (Å²) in [7, 11) is 0. The van der Waals surface area contributed by atoms with Gasteiger partial charge in [0.05, 0.1) is 5.02 Å². The highest BCUT2D eigenvalue weighted by Crippen LogP contribution is 2.38. The number of aromatic nitrogens is 2. The number of nitrogens with zero attached hydrogens (tertiary/aromatic N) is 2. The van der Waals surface area contributed by atoms with Gasteiger partial charge in [0.15, 0.2) is 12.4 Å². The molecule has 0 unspecified atom stereocenters. The first-order valence-electron chi connectivity index (χ1n) is 6.39. The summed E-state index contributed by atoms with van der Waals surface area (Å²) in [5.74, 6) is 2.06. The molecule has 0 N–H and O–H groups in total. The van der Waals surface area contributed by atoms with Crippen molar-refractivity contribution in [3.8, 4) is 5.75 Å². The van der Waals surface area contributed by atoms with Crippen LogP contribution in [0, 0.1) is 0 Å². The Bertz CT molecular complexity index is 650. The Balaban J connectivity index is 1.66. The Hall–Kier alpha value is -1.88. The smallest absolute Gasteiger partial charge is 0.229 e. The number of halogens is 1. The molecule has 1 aliphatic rings. The summed E-state index contributed by atoms with van der Waals surface area (Å²) in [6, 6.07) is 4.93. The van der Waals surface area contributed by atoms with E-state index in [1.165, 1.54) is 6.92 Å². The third kappa shape index (κ3) is 2.82. The first-order valence-corrected chi connectivity index (χ1v) is 6.77. The van der Waals surface area contributed by atoms with Crippen molar-refractivity contribution < 1.29 is 14.1 Å². The molecule has 0 aliphatic heterocycles. The second-order valence-corrected chi connectivity index (χ2v) is 5.22. The molecule has 0 bridgehead atoms. The number of benzene rings is 1. The van der Waals surface area contributed by atoms with E-state index in [4.69, 9.17) is 20.9 Å². The Morgan fingerprint density at radius 2 is 2.30 bits per heavy atom. The molecule has 2 aromatic rings. The van der Waals surface area contributed by atoms with Crippen LogP contribution in [0.5, 0.6) is 5.75 Å². The molecule has 0 radical (unpaired) electrons. The quantitative estimate of drug-likeness (QED) is 0.790. The normalized spacial score (nSPS) is 14.3. The molecule has 104 valence electrons. The highest BCUT2D eigenvalue weighted by Gasteiger charge is 2.29. The van der Waals surface area contributed by atoms with Crippen LogP contribution in [0.3, 0.4) is 0 Å². The first kappa shape index (κ1) is 13.1. The molecule has 0 amide bonds. The predicted octanol–water partition coefficient (Wildman–Crippen LogP) is 3.38. The first-order chi connectivity index (χ1) is 9.63. The summed E-state index contributed by atoms with van der Waals surface area (Å²) in [5, 5.41) is 4.25. The topological polar surface area (TPSA) is 65.2 Å². The minimum atomic E-state index is -0.0364. The molecule has 20 heavy (non-hydrogen) atoms. The second-order valence-electron chi connectivity index (χ2n) is 4.81. The summed E-state index contributed by atoms with van der Waals surface area (Å²) in [6.45, 7) is 1.68. The van der Waals surface area contributed by atoms with Gasteiger partial charge in [-0.1, -0.05) is 16.8 Å². The molecule has 1 aromatic heterocycles. The van der Waals surface area contributed by atoms with Crippen molar-refractivity contribution >= 4 is 17.4 Å². The van der Waals surface area contributed by atoms with E-state index in [2.05, 4.69) is 10.1 Å². The largest absolute Gasteiger partial charge is 0.484 e. The summed E-state index contributed by atoms with van der Waals surface area (Å²) in [6.07, 6.45) is 2.22. The van der Waals surface area contributed by atoms with Crippen LogP contribution in [0.1, 0.15) is 47.8 Å². The molecule has 1 saturated carbocycles. The van der Waals surface area contributed by atoms with Gasteiger partial charge in [-0.25, -0.2) is 0 Å². The maximum Gasteiger partial charge on any atom is 0.229 e. The molecular formula is C14H13ClN2O3. The van der Waals surface area contributed by atoms with Crippen molar-refractivity contribution in [3.05, 3.63) is 40.5 Å². The van der Waals surface area contributed by atoms with Crippen molar-refractivity contribution in [2.24, 2.45) is 0 Å². The fourth-order valence-electron chi connectivity index (χ4n) is 1.80. The maximum absolute atomic E-state index is 11.2. The molecular weight excluding hydrogens is 280 g/mol. The fourth-order valence-corrected chi connectivity index (χ4v) is 2.04. The van der Waals surface area contributed by atoms with Gasteiger partial charge in [0.25, 0.3) is 0 Å². The summed E-state index contributed by atoms with van der Waals surface area (Å²) in [4.78, 5) is 15.5. The standard InChI is InChI=1S/C14H13ClN2O3/c1-8(18)10-4-5-12(11(15)6-10)19-7-13-16-14(20-17-13)9-2-3-9/h4-6,9H,2-3,7H2,1H3. The number of rotatable bonds is 5. The van der Waals surface area contributed by atoms with Crippen LogP contribution in [0.4, 0.5) is 0 Å². The molecule has 1 heterocycles. The van der Waals surface area contributed by atoms with E-state index in [1.807, 2.05) is 0 Å². The zero-order valence-electron chi connectivity index (χ0n) is 10.9. The average Bonchev–Trinajstić information content (AvgIpc) is 3.17. The fraction of sp³-hybridized carbons (Fsp3) is 0.357. The molecule has 1 aliphatic carbocycles. The van der Waals surface area contributed by atoms with E-state index in [0.29, 0.717) is 34.0 Å². The van der Waals surface area contributed by atoms with Crippen LogP contribution in [0.2, 0.25) is 5.02 Å². The van der Waals surface area contributed by atoms with Crippen molar-refractivity contribution in [2.75, 3.05) is 0 Å². The molecule has 3 rings (SSSR count). The van der Waals surface area contributed by atoms with Crippen molar-refractivity contribution in [3.63, 3.8) is 0 Å². The van der Waals surface area contributed by atoms with Crippen LogP contribution in [0.25, 0.3) is 0 Å². The number of hydrogen-bond donors (Lipinski definition) is 0. The lowest BCUT2D eigenvalue weighted by Gasteiger charge is -2.06. The highest BCUT2D eigenvalue weighted by atomic mass is 35.5. The van der Waals surface area contributed by atoms with Crippen LogP contribution in [-0.2, 0) is 6.61 Å². The van der Waals surface area contributed by atoms with Gasteiger partial charge in [0, 0.05) is 11.5 Å². The lowest BCUT2D eigenvalue weighted by atomic mass is 10.1. The van der Waals surface area contributed by atoms with Crippen LogP contribution in [-0.4, -0.2) is 15.9 Å². The lowest BCUT2D eigenvalue weighted by Crippen LogP contribution is -1.99. The van der Waals surface area contributed by atoms with Gasteiger partial charge >= 0.3 is 0 Å². The molecule has 0 atom stereocenters. The van der Waals surface area contributed by atoms with Gasteiger partial charge in [-0.3, -0.25) is 4.79 Å². The second kappa shape index (κ2) is 5.25. The summed E-state index contributed by atoms with van der Waals surface area (Å²) < 4.78 is 10.7. The predicted molar refractivity (Wildman–Crippen MR) is 72.1 cm³/mol. The number of ether oxygens (including phenoxy) is 1. The monoisotopic (exact) mass is 292 g/mol. The number of hydrogen-bond acceptors (Lipinski definition) is 5. The SMILES string of the molecule is CC(=O)c1ccc(OCc2noc(C3CC3)n2)c(Cl)c1. The van der Waals surface area contributed by atoms with Crippen LogP contribution >= 0.6 is 11.6 Å². The van der Waals surface area contributed by atoms with Gasteiger partial charge in [0.2, 0.25) is 11.7 Å². The van der Waals surface area contributed by atoms with Crippen molar-refractivity contribution in [2.45, 2.75) is 32.3 Å². The Morgan fingerprint density at radius 3 is 2.95 bits per heavy atom. The zero-order chi connectivity index (χ0) is 14.1. The molecule has 1 fully saturated rings. The molecule has 0 spiro atoms. The Morgan fingerprint density at radius 1 is 1.50 bits per heavy atom. The Kier molecular flexibility index (Phi) is 3.44. The third-order valence-corrected chi connectivity index (χ3v) is 3.40. The van der Waals surface area contributed by atoms with E-state index in [1.54, 1.807) is 18.2 Å². The molecule has 1 aromatic carbocycles. The molecule has 6 heteroatoms. The third-order valence-electron chi connectivity index (χ3n) is 3.11. The maximum atomic E-state index is 11.2. The van der Waals surface area contributed by atoms with Gasteiger partial charge in [-0.05, 0) is 38.0 Å². The van der Waals surface area contributed by atoms with E-state index in [-0.39, 0.29) is 12.4 Å². The van der Waals surface area contributed by atoms with Gasteiger partial charge in [-0.15, -0.1) is 0 Å². The van der Waals surface area contributed by atoms with E-state index < -0.39 is 0 Å². The van der Waals surface area contributed by atoms with Crippen molar-refractivity contribution in [1.82, 2.24) is 10.1 Å². The van der Waals surface area contributed by atoms with Gasteiger partial charge in [0.1, 0.15) is 5.75 Å². The minimum absolute atomic E-state index is 0.0364. The molecule has 0 saturated heterocycles. The van der Waals surface area contributed by atoms with E-state index in [0.717, 1.165) is 12.8 Å². The number of ketones is 1. The summed E-state index contributed by atoms with van der Waals surface area (Å²) >= 11 is 6.06. The minimum Gasteiger partial charge on any atom is -0.484 e. The van der Waals surface area contributed by atoms with Gasteiger partial charge < -0.3 is 9.26 Å². The van der Waals surface area contributed by atoms with Crippen LogP contribution < -0.4 is 4.74 Å². The van der Waals surface area contributed by atoms with Gasteiger partial charge in [-0.2, -0.15) is 4.98 Å². The number of Topliss-reactive ketones (excluding diaryl/α,β-unsaturated/α-hetero) is 1. The lowest BCUT2D eigenvalue weighted by molar-refractivity contribution is 0.101. The highest BCUT2D eigenvalue weighted by molar-refractivity contribution is 6.32. The van der Waals surface area contributed by atoms with E-state index >= 15 is 0 Å². The Labute approximate surface area is 120 Å². The van der Waals surface area contributed by atoms with Crippen molar-refractivity contribution in [1.29, 1.82) is 0 Å². The summed E-state index contributed by atoms with van der Waals surface area (Å²) in [5.41, 5.74) is 0.554.